The van der Waals surface area contributed by atoms with Gasteiger partial charge in [0.1, 0.15) is 18.2 Å². The van der Waals surface area contributed by atoms with E-state index >= 15 is 0 Å². The third-order valence-electron chi connectivity index (χ3n) is 6.48. The fraction of sp³-hybridized carbons (Fsp3) is 0.333. The van der Waals surface area contributed by atoms with Gasteiger partial charge in [0.05, 0.1) is 17.5 Å². The van der Waals surface area contributed by atoms with Gasteiger partial charge in [0.15, 0.2) is 0 Å². The first-order chi connectivity index (χ1) is 18.8. The molecule has 2 heterocycles. The zero-order chi connectivity index (χ0) is 27.8. The molecule has 1 aliphatic rings. The molecular weight excluding hydrogens is 527 g/mol. The lowest BCUT2D eigenvalue weighted by atomic mass is 10.1. The lowest BCUT2D eigenvalue weighted by Crippen LogP contribution is -2.51. The molecule has 2 aromatic carbocycles. The lowest BCUT2D eigenvalue weighted by molar-refractivity contribution is -0.133. The van der Waals surface area contributed by atoms with E-state index in [9.17, 15) is 18.8 Å². The number of likely N-dealkylation sites (N-methyl/N-ethyl adjacent to an activating group) is 1. The predicted octanol–water partition coefficient (Wildman–Crippen LogP) is 3.61. The minimum Gasteiger partial charge on any atom is -0.447 e. The molecule has 1 atom stereocenters. The number of urea groups is 1. The highest BCUT2D eigenvalue weighted by Gasteiger charge is 2.27. The molecule has 0 spiro atoms. The number of hydrogen-bond donors (Lipinski definition) is 3. The molecule has 0 aliphatic carbocycles. The Labute approximate surface area is 230 Å². The van der Waals surface area contributed by atoms with Gasteiger partial charge in [-0.15, -0.1) is 0 Å². The van der Waals surface area contributed by atoms with Crippen molar-refractivity contribution in [1.29, 1.82) is 0 Å². The molecule has 39 heavy (non-hydrogen) atoms. The van der Waals surface area contributed by atoms with Crippen LogP contribution in [0.5, 0.6) is 0 Å². The molecule has 4 rings (SSSR count). The molecule has 1 aromatic heterocycles. The van der Waals surface area contributed by atoms with Crippen molar-refractivity contribution in [2.75, 3.05) is 45.2 Å². The number of amides is 4. The number of nitrogens with zero attached hydrogens (tertiary/aromatic N) is 3. The Morgan fingerprint density at radius 3 is 2.67 bits per heavy atom. The first kappa shape index (κ1) is 28.1. The Kier molecular flexibility index (Phi) is 9.50. The van der Waals surface area contributed by atoms with Gasteiger partial charge in [-0.25, -0.2) is 19.0 Å². The summed E-state index contributed by atoms with van der Waals surface area (Å²) in [5.74, 6) is -0.434. The third kappa shape index (κ3) is 7.55. The summed E-state index contributed by atoms with van der Waals surface area (Å²) in [5, 5.41) is 10.2. The van der Waals surface area contributed by atoms with Crippen LogP contribution in [0, 0.1) is 5.82 Å². The summed E-state index contributed by atoms with van der Waals surface area (Å²) < 4.78 is 19.2. The molecule has 0 unspecified atom stereocenters. The van der Waals surface area contributed by atoms with Gasteiger partial charge in [0.25, 0.3) is 0 Å². The molecular formula is C27H30ClFN6O4. The van der Waals surface area contributed by atoms with Crippen molar-refractivity contribution in [3.05, 3.63) is 71.1 Å². The zero-order valence-corrected chi connectivity index (χ0v) is 22.2. The van der Waals surface area contributed by atoms with E-state index in [1.807, 2.05) is 24.3 Å². The van der Waals surface area contributed by atoms with Gasteiger partial charge >= 0.3 is 12.1 Å². The molecule has 206 valence electrons. The summed E-state index contributed by atoms with van der Waals surface area (Å²) in [6.45, 7) is 2.20. The standard InChI is InChI=1S/C27H30ClFN6O4/c1-34(26(37)32-16-20-7-4-8-22(29)25(20)28)21(14-24(36)35-11-9-30-10-12-35)17-39-27(38)33-23-13-18-5-2-3-6-19(18)15-31-23/h2-8,13,15,21,30H,9-12,14,16-17H2,1H3,(H,32,37)(H,31,33,38)/t21-/m0/s1. The molecule has 0 saturated carbocycles. The maximum atomic E-state index is 13.8. The van der Waals surface area contributed by atoms with E-state index in [0.29, 0.717) is 37.6 Å². The Morgan fingerprint density at radius 1 is 1.15 bits per heavy atom. The van der Waals surface area contributed by atoms with Crippen LogP contribution in [-0.2, 0) is 16.1 Å². The van der Waals surface area contributed by atoms with Gasteiger partial charge in [-0.1, -0.05) is 48.0 Å². The van der Waals surface area contributed by atoms with Crippen LogP contribution in [0.25, 0.3) is 10.8 Å². The summed E-state index contributed by atoms with van der Waals surface area (Å²) in [4.78, 5) is 45.7. The monoisotopic (exact) mass is 556 g/mol. The minimum absolute atomic E-state index is 0.0206. The van der Waals surface area contributed by atoms with Gasteiger partial charge in [0.2, 0.25) is 5.91 Å². The second-order valence-corrected chi connectivity index (χ2v) is 9.49. The summed E-state index contributed by atoms with van der Waals surface area (Å²) in [5.41, 5.74) is 0.408. The van der Waals surface area contributed by atoms with E-state index in [1.54, 1.807) is 23.2 Å². The highest BCUT2D eigenvalue weighted by atomic mass is 35.5. The number of fused-ring (bicyclic) bond motifs is 1. The molecule has 0 bridgehead atoms. The fourth-order valence-electron chi connectivity index (χ4n) is 4.16. The number of piperazine rings is 1. The van der Waals surface area contributed by atoms with Gasteiger partial charge < -0.3 is 25.2 Å². The van der Waals surface area contributed by atoms with E-state index < -0.39 is 24.0 Å². The number of halogens is 2. The first-order valence-corrected chi connectivity index (χ1v) is 12.9. The number of ether oxygens (including phenoxy) is 1. The van der Waals surface area contributed by atoms with Crippen molar-refractivity contribution in [3.8, 4) is 0 Å². The minimum atomic E-state index is -0.766. The largest absolute Gasteiger partial charge is 0.447 e. The van der Waals surface area contributed by atoms with Crippen LogP contribution in [0.2, 0.25) is 5.02 Å². The summed E-state index contributed by atoms with van der Waals surface area (Å²) in [6.07, 6.45) is 0.826. The van der Waals surface area contributed by atoms with E-state index in [0.717, 1.165) is 10.8 Å². The van der Waals surface area contributed by atoms with E-state index in [1.165, 1.54) is 24.1 Å². The molecule has 3 N–H and O–H groups in total. The van der Waals surface area contributed by atoms with E-state index in [-0.39, 0.29) is 30.5 Å². The van der Waals surface area contributed by atoms with Crippen LogP contribution >= 0.6 is 11.6 Å². The van der Waals surface area contributed by atoms with E-state index in [2.05, 4.69) is 20.9 Å². The fourth-order valence-corrected chi connectivity index (χ4v) is 4.36. The van der Waals surface area contributed by atoms with Crippen LogP contribution < -0.4 is 16.0 Å². The SMILES string of the molecule is CN(C(=O)NCc1cccc(F)c1Cl)[C@H](COC(=O)Nc1cc2ccccc2cn1)CC(=O)N1CCNCC1. The third-order valence-corrected chi connectivity index (χ3v) is 6.90. The number of carbonyl (C=O) groups is 3. The second kappa shape index (κ2) is 13.2. The molecule has 1 fully saturated rings. The van der Waals surface area contributed by atoms with Crippen LogP contribution in [0.4, 0.5) is 19.8 Å². The molecule has 12 heteroatoms. The predicted molar refractivity (Wildman–Crippen MR) is 146 cm³/mol. The van der Waals surface area contributed by atoms with Crippen molar-refractivity contribution >= 4 is 46.2 Å². The summed E-state index contributed by atoms with van der Waals surface area (Å²) >= 11 is 5.99. The van der Waals surface area contributed by atoms with Crippen molar-refractivity contribution in [3.63, 3.8) is 0 Å². The Bertz CT molecular complexity index is 1340. The van der Waals surface area contributed by atoms with Gasteiger partial charge in [0, 0.05) is 51.4 Å². The van der Waals surface area contributed by atoms with Gasteiger partial charge in [-0.2, -0.15) is 0 Å². The summed E-state index contributed by atoms with van der Waals surface area (Å²) in [6, 6.07) is 12.3. The quantitative estimate of drug-likeness (QED) is 0.390. The van der Waals surface area contributed by atoms with Crippen molar-refractivity contribution in [1.82, 2.24) is 25.4 Å². The highest BCUT2D eigenvalue weighted by Crippen LogP contribution is 2.20. The molecule has 1 saturated heterocycles. The topological polar surface area (TPSA) is 116 Å². The van der Waals surface area contributed by atoms with Crippen LogP contribution in [0.15, 0.2) is 54.7 Å². The lowest BCUT2D eigenvalue weighted by Gasteiger charge is -2.32. The maximum Gasteiger partial charge on any atom is 0.412 e. The summed E-state index contributed by atoms with van der Waals surface area (Å²) in [7, 11) is 1.50. The van der Waals surface area contributed by atoms with Gasteiger partial charge in [-0.3, -0.25) is 10.1 Å². The smallest absolute Gasteiger partial charge is 0.412 e. The Balaban J connectivity index is 1.39. The number of pyridine rings is 1. The molecule has 10 nitrogen and oxygen atoms in total. The van der Waals surface area contributed by atoms with Crippen molar-refractivity contribution in [2.24, 2.45) is 0 Å². The number of anilines is 1. The maximum absolute atomic E-state index is 13.8. The second-order valence-electron chi connectivity index (χ2n) is 9.11. The van der Waals surface area contributed by atoms with Crippen LogP contribution in [0.1, 0.15) is 12.0 Å². The first-order valence-electron chi connectivity index (χ1n) is 12.5. The molecule has 4 amide bonds. The van der Waals surface area contributed by atoms with Crippen molar-refractivity contribution < 1.29 is 23.5 Å². The molecule has 3 aromatic rings. The average molecular weight is 557 g/mol. The number of hydrogen-bond acceptors (Lipinski definition) is 6. The molecule has 0 radical (unpaired) electrons. The Morgan fingerprint density at radius 2 is 1.90 bits per heavy atom. The average Bonchev–Trinajstić information content (AvgIpc) is 2.95. The normalized spacial score (nSPS) is 14.0. The zero-order valence-electron chi connectivity index (χ0n) is 21.5. The number of rotatable bonds is 8. The van der Waals surface area contributed by atoms with Gasteiger partial charge in [-0.05, 0) is 23.1 Å². The number of aromatic nitrogens is 1. The van der Waals surface area contributed by atoms with E-state index in [4.69, 9.17) is 16.3 Å². The number of carbonyl (C=O) groups excluding carboxylic acids is 3. The number of nitrogens with one attached hydrogen (secondary N) is 3. The highest BCUT2D eigenvalue weighted by molar-refractivity contribution is 6.31. The Hall–Kier alpha value is -3.96. The van der Waals surface area contributed by atoms with Crippen LogP contribution in [-0.4, -0.2) is 78.7 Å². The number of benzene rings is 2. The van der Waals surface area contributed by atoms with Crippen molar-refractivity contribution in [2.45, 2.75) is 19.0 Å². The molecule has 1 aliphatic heterocycles. The van der Waals surface area contributed by atoms with Crippen LogP contribution in [0.3, 0.4) is 0 Å².